The van der Waals surface area contributed by atoms with Gasteiger partial charge in [0.1, 0.15) is 5.82 Å². The summed E-state index contributed by atoms with van der Waals surface area (Å²) in [6.45, 7) is 3.65. The van der Waals surface area contributed by atoms with Crippen molar-refractivity contribution in [1.82, 2.24) is 4.90 Å². The van der Waals surface area contributed by atoms with Crippen molar-refractivity contribution in [3.05, 3.63) is 30.1 Å². The number of anilines is 1. The number of rotatable bonds is 2. The summed E-state index contributed by atoms with van der Waals surface area (Å²) in [6, 6.07) is 7.24. The molecule has 0 aromatic heterocycles. The first-order valence-corrected chi connectivity index (χ1v) is 6.06. The molecule has 16 heavy (non-hydrogen) atoms. The van der Waals surface area contributed by atoms with E-state index in [0.717, 1.165) is 18.2 Å². The SMILES string of the molecule is Fc1ccc(NC2CN3CCC2CC3)cc1. The van der Waals surface area contributed by atoms with Crippen LogP contribution in [0.3, 0.4) is 0 Å². The molecule has 1 unspecified atom stereocenters. The number of hydrogen-bond donors (Lipinski definition) is 1. The Balaban J connectivity index is 1.68. The first-order valence-electron chi connectivity index (χ1n) is 6.06. The molecule has 3 saturated heterocycles. The number of piperidine rings is 3. The van der Waals surface area contributed by atoms with E-state index >= 15 is 0 Å². The van der Waals surface area contributed by atoms with Crippen molar-refractivity contribution in [2.75, 3.05) is 25.0 Å². The molecular weight excluding hydrogens is 203 g/mol. The maximum absolute atomic E-state index is 12.8. The molecule has 0 amide bonds. The van der Waals surface area contributed by atoms with Crippen LogP contribution < -0.4 is 5.32 Å². The Kier molecular flexibility index (Phi) is 2.56. The van der Waals surface area contributed by atoms with E-state index in [2.05, 4.69) is 10.2 Å². The Hall–Kier alpha value is -1.09. The van der Waals surface area contributed by atoms with E-state index in [9.17, 15) is 4.39 Å². The highest BCUT2D eigenvalue weighted by Crippen LogP contribution is 2.29. The van der Waals surface area contributed by atoms with Crippen LogP contribution in [0.2, 0.25) is 0 Å². The zero-order valence-corrected chi connectivity index (χ0v) is 9.32. The van der Waals surface area contributed by atoms with Gasteiger partial charge in [-0.15, -0.1) is 0 Å². The Morgan fingerprint density at radius 1 is 1.12 bits per heavy atom. The van der Waals surface area contributed by atoms with Crippen molar-refractivity contribution in [3.63, 3.8) is 0 Å². The number of nitrogens with zero attached hydrogens (tertiary/aromatic N) is 1. The summed E-state index contributed by atoms with van der Waals surface area (Å²) in [5, 5.41) is 3.53. The fraction of sp³-hybridized carbons (Fsp3) is 0.538. The van der Waals surface area contributed by atoms with Crippen LogP contribution in [0, 0.1) is 11.7 Å². The molecule has 3 fully saturated rings. The molecule has 0 radical (unpaired) electrons. The van der Waals surface area contributed by atoms with Crippen LogP contribution >= 0.6 is 0 Å². The lowest BCUT2D eigenvalue weighted by Crippen LogP contribution is -2.53. The molecule has 1 N–H and O–H groups in total. The third-order valence-electron chi connectivity index (χ3n) is 3.85. The van der Waals surface area contributed by atoms with Crippen molar-refractivity contribution >= 4 is 5.69 Å². The lowest BCUT2D eigenvalue weighted by Gasteiger charge is -2.45. The van der Waals surface area contributed by atoms with E-state index in [1.165, 1.54) is 38.1 Å². The Morgan fingerprint density at radius 3 is 2.38 bits per heavy atom. The van der Waals surface area contributed by atoms with Crippen molar-refractivity contribution in [1.29, 1.82) is 0 Å². The molecule has 1 aromatic carbocycles. The Bertz CT molecular complexity index is 355. The van der Waals surface area contributed by atoms with Gasteiger partial charge in [0.05, 0.1) is 0 Å². The number of nitrogens with one attached hydrogen (secondary N) is 1. The molecule has 2 nitrogen and oxygen atoms in total. The predicted octanol–water partition coefficient (Wildman–Crippen LogP) is 2.33. The monoisotopic (exact) mass is 220 g/mol. The van der Waals surface area contributed by atoms with Gasteiger partial charge < -0.3 is 10.2 Å². The lowest BCUT2D eigenvalue weighted by atomic mass is 9.84. The molecule has 3 heteroatoms. The molecule has 3 aliphatic rings. The van der Waals surface area contributed by atoms with E-state index in [4.69, 9.17) is 0 Å². The number of benzene rings is 1. The van der Waals surface area contributed by atoms with Crippen LogP contribution in [0.5, 0.6) is 0 Å². The molecule has 86 valence electrons. The fourth-order valence-corrected chi connectivity index (χ4v) is 2.89. The molecule has 2 bridgehead atoms. The summed E-state index contributed by atoms with van der Waals surface area (Å²) in [5.41, 5.74) is 1.04. The van der Waals surface area contributed by atoms with Gasteiger partial charge in [-0.05, 0) is 56.1 Å². The summed E-state index contributed by atoms with van der Waals surface area (Å²) in [5.74, 6) is 0.634. The van der Waals surface area contributed by atoms with Gasteiger partial charge in [0.25, 0.3) is 0 Å². The normalized spacial score (nSPS) is 32.7. The van der Waals surface area contributed by atoms with E-state index in [1.54, 1.807) is 0 Å². The summed E-state index contributed by atoms with van der Waals surface area (Å²) in [6.07, 6.45) is 2.61. The molecule has 0 spiro atoms. The Morgan fingerprint density at radius 2 is 1.81 bits per heavy atom. The van der Waals surface area contributed by atoms with E-state index in [-0.39, 0.29) is 5.82 Å². The molecule has 1 atom stereocenters. The summed E-state index contributed by atoms with van der Waals surface area (Å²) in [4.78, 5) is 2.52. The van der Waals surface area contributed by atoms with Crippen LogP contribution in [0.1, 0.15) is 12.8 Å². The number of fused-ring (bicyclic) bond motifs is 3. The van der Waals surface area contributed by atoms with Gasteiger partial charge in [-0.3, -0.25) is 0 Å². The van der Waals surface area contributed by atoms with Gasteiger partial charge in [0.15, 0.2) is 0 Å². The minimum atomic E-state index is -0.167. The summed E-state index contributed by atoms with van der Waals surface area (Å²) >= 11 is 0. The van der Waals surface area contributed by atoms with Gasteiger partial charge in [-0.25, -0.2) is 4.39 Å². The molecule has 0 aliphatic carbocycles. The van der Waals surface area contributed by atoms with Gasteiger partial charge in [-0.1, -0.05) is 0 Å². The second-order valence-electron chi connectivity index (χ2n) is 4.90. The standard InChI is InChI=1S/C13H17FN2/c14-11-1-3-12(4-2-11)15-13-9-16-7-5-10(13)6-8-16/h1-4,10,13,15H,5-9H2. The average molecular weight is 220 g/mol. The second-order valence-corrected chi connectivity index (χ2v) is 4.90. The van der Waals surface area contributed by atoms with Crippen LogP contribution in [0.15, 0.2) is 24.3 Å². The van der Waals surface area contributed by atoms with Crippen molar-refractivity contribution in [2.24, 2.45) is 5.92 Å². The molecule has 3 aliphatic heterocycles. The van der Waals surface area contributed by atoms with Gasteiger partial charge in [0.2, 0.25) is 0 Å². The van der Waals surface area contributed by atoms with Crippen LogP contribution in [0.4, 0.5) is 10.1 Å². The maximum atomic E-state index is 12.8. The van der Waals surface area contributed by atoms with Gasteiger partial charge >= 0.3 is 0 Å². The van der Waals surface area contributed by atoms with E-state index in [1.807, 2.05) is 12.1 Å². The van der Waals surface area contributed by atoms with E-state index in [0.29, 0.717) is 6.04 Å². The fourth-order valence-electron chi connectivity index (χ4n) is 2.89. The maximum Gasteiger partial charge on any atom is 0.123 e. The molecule has 4 rings (SSSR count). The molecule has 3 heterocycles. The number of hydrogen-bond acceptors (Lipinski definition) is 2. The third-order valence-corrected chi connectivity index (χ3v) is 3.85. The zero-order chi connectivity index (χ0) is 11.0. The lowest BCUT2D eigenvalue weighted by molar-refractivity contribution is 0.0975. The highest BCUT2D eigenvalue weighted by atomic mass is 19.1. The minimum Gasteiger partial charge on any atom is -0.381 e. The quantitative estimate of drug-likeness (QED) is 0.823. The van der Waals surface area contributed by atoms with Crippen molar-refractivity contribution in [3.8, 4) is 0 Å². The van der Waals surface area contributed by atoms with Gasteiger partial charge in [-0.2, -0.15) is 0 Å². The predicted molar refractivity (Wildman–Crippen MR) is 63.0 cm³/mol. The molecule has 0 saturated carbocycles. The van der Waals surface area contributed by atoms with Crippen LogP contribution in [-0.4, -0.2) is 30.6 Å². The largest absolute Gasteiger partial charge is 0.381 e. The van der Waals surface area contributed by atoms with Crippen molar-refractivity contribution in [2.45, 2.75) is 18.9 Å². The average Bonchev–Trinajstić information content (AvgIpc) is 2.34. The topological polar surface area (TPSA) is 15.3 Å². The first-order chi connectivity index (χ1) is 7.81. The van der Waals surface area contributed by atoms with Crippen LogP contribution in [-0.2, 0) is 0 Å². The van der Waals surface area contributed by atoms with Gasteiger partial charge in [0, 0.05) is 18.3 Å². The van der Waals surface area contributed by atoms with Crippen LogP contribution in [0.25, 0.3) is 0 Å². The second kappa shape index (κ2) is 4.06. The zero-order valence-electron chi connectivity index (χ0n) is 9.32. The summed E-state index contributed by atoms with van der Waals surface area (Å²) < 4.78 is 12.8. The Labute approximate surface area is 95.4 Å². The third kappa shape index (κ3) is 1.92. The van der Waals surface area contributed by atoms with E-state index < -0.39 is 0 Å². The molecule has 1 aromatic rings. The smallest absolute Gasteiger partial charge is 0.123 e. The van der Waals surface area contributed by atoms with Crippen molar-refractivity contribution < 1.29 is 4.39 Å². The minimum absolute atomic E-state index is 0.167. The summed E-state index contributed by atoms with van der Waals surface area (Å²) in [7, 11) is 0. The highest BCUT2D eigenvalue weighted by Gasteiger charge is 2.33. The molecular formula is C13H17FN2. The highest BCUT2D eigenvalue weighted by molar-refractivity contribution is 5.44. The number of halogens is 1. The first kappa shape index (κ1) is 10.1.